The lowest BCUT2D eigenvalue weighted by molar-refractivity contribution is -0.145. The van der Waals surface area contributed by atoms with Crippen LogP contribution in [0, 0.1) is 5.41 Å². The van der Waals surface area contributed by atoms with Crippen molar-refractivity contribution in [1.82, 2.24) is 5.32 Å². The maximum absolute atomic E-state index is 11.5. The third-order valence-electron chi connectivity index (χ3n) is 2.08. The molecule has 0 aliphatic carbocycles. The topological polar surface area (TPSA) is 102 Å². The Kier molecular flexibility index (Phi) is 5.40. The molecule has 0 spiro atoms. The highest BCUT2D eigenvalue weighted by atomic mass is 16.5. The smallest absolute Gasteiger partial charge is 0.326 e. The first-order valence-corrected chi connectivity index (χ1v) is 4.98. The standard InChI is InChI=1S/C10H20N2O4/c1-10(2,3)7(9(14)15)12-8(13)6(11)5-16-4/h6-7H,5,11H2,1-4H3,(H,12,13)(H,14,15)/t6?,7-/m0/s1. The number of rotatable bonds is 5. The van der Waals surface area contributed by atoms with Crippen molar-refractivity contribution in [1.29, 1.82) is 0 Å². The number of ether oxygens (including phenoxy) is 1. The Balaban J connectivity index is 4.54. The van der Waals surface area contributed by atoms with Crippen LogP contribution in [0.1, 0.15) is 20.8 Å². The van der Waals surface area contributed by atoms with E-state index in [9.17, 15) is 9.59 Å². The predicted octanol–water partition coefficient (Wildman–Crippen LogP) is -0.424. The summed E-state index contributed by atoms with van der Waals surface area (Å²) in [5.41, 5.74) is 4.91. The minimum atomic E-state index is -1.08. The molecule has 6 heteroatoms. The van der Waals surface area contributed by atoms with Gasteiger partial charge < -0.3 is 20.9 Å². The van der Waals surface area contributed by atoms with Gasteiger partial charge in [0.25, 0.3) is 0 Å². The number of methoxy groups -OCH3 is 1. The zero-order chi connectivity index (χ0) is 12.9. The lowest BCUT2D eigenvalue weighted by Crippen LogP contribution is -2.54. The van der Waals surface area contributed by atoms with E-state index < -0.39 is 29.4 Å². The van der Waals surface area contributed by atoms with E-state index in [0.29, 0.717) is 0 Å². The number of hydrogen-bond acceptors (Lipinski definition) is 4. The quantitative estimate of drug-likeness (QED) is 0.597. The van der Waals surface area contributed by atoms with E-state index in [-0.39, 0.29) is 6.61 Å². The van der Waals surface area contributed by atoms with Crippen LogP contribution < -0.4 is 11.1 Å². The van der Waals surface area contributed by atoms with Gasteiger partial charge in [0.1, 0.15) is 12.1 Å². The Morgan fingerprint density at radius 3 is 2.25 bits per heavy atom. The fourth-order valence-corrected chi connectivity index (χ4v) is 1.15. The molecule has 4 N–H and O–H groups in total. The minimum Gasteiger partial charge on any atom is -0.480 e. The monoisotopic (exact) mass is 232 g/mol. The zero-order valence-electron chi connectivity index (χ0n) is 10.1. The van der Waals surface area contributed by atoms with E-state index >= 15 is 0 Å². The van der Waals surface area contributed by atoms with Crippen LogP contribution in [0.4, 0.5) is 0 Å². The van der Waals surface area contributed by atoms with Crippen molar-refractivity contribution in [3.05, 3.63) is 0 Å². The molecule has 0 aromatic heterocycles. The molecule has 0 radical (unpaired) electrons. The van der Waals surface area contributed by atoms with Crippen LogP contribution in [0.5, 0.6) is 0 Å². The molecular weight excluding hydrogens is 212 g/mol. The van der Waals surface area contributed by atoms with Gasteiger partial charge in [-0.15, -0.1) is 0 Å². The van der Waals surface area contributed by atoms with E-state index in [1.807, 2.05) is 0 Å². The fraction of sp³-hybridized carbons (Fsp3) is 0.800. The van der Waals surface area contributed by atoms with Gasteiger partial charge in [-0.3, -0.25) is 4.79 Å². The predicted molar refractivity (Wildman–Crippen MR) is 58.9 cm³/mol. The average Bonchev–Trinajstić information content (AvgIpc) is 2.11. The lowest BCUT2D eigenvalue weighted by Gasteiger charge is -2.28. The van der Waals surface area contributed by atoms with Crippen molar-refractivity contribution < 1.29 is 19.4 Å². The molecule has 0 saturated heterocycles. The summed E-state index contributed by atoms with van der Waals surface area (Å²) in [5.74, 6) is -1.60. The van der Waals surface area contributed by atoms with Crippen molar-refractivity contribution in [2.45, 2.75) is 32.9 Å². The largest absolute Gasteiger partial charge is 0.480 e. The Hall–Kier alpha value is -1.14. The molecule has 0 rings (SSSR count). The van der Waals surface area contributed by atoms with Gasteiger partial charge in [-0.05, 0) is 5.41 Å². The SMILES string of the molecule is COCC(N)C(=O)N[C@@H](C(=O)O)C(C)(C)C. The van der Waals surface area contributed by atoms with E-state index in [2.05, 4.69) is 5.32 Å². The van der Waals surface area contributed by atoms with Gasteiger partial charge in [-0.2, -0.15) is 0 Å². The van der Waals surface area contributed by atoms with Crippen LogP contribution in [0.25, 0.3) is 0 Å². The number of carbonyl (C=O) groups is 2. The Bertz CT molecular complexity index is 260. The summed E-state index contributed by atoms with van der Waals surface area (Å²) in [5, 5.41) is 11.4. The average molecular weight is 232 g/mol. The molecule has 0 aromatic rings. The molecule has 0 heterocycles. The number of carboxylic acids is 1. The number of hydrogen-bond donors (Lipinski definition) is 3. The zero-order valence-corrected chi connectivity index (χ0v) is 10.1. The maximum Gasteiger partial charge on any atom is 0.326 e. The second kappa shape index (κ2) is 5.81. The third kappa shape index (κ3) is 4.59. The van der Waals surface area contributed by atoms with E-state index in [1.54, 1.807) is 20.8 Å². The van der Waals surface area contributed by atoms with Crippen molar-refractivity contribution in [2.24, 2.45) is 11.1 Å². The van der Waals surface area contributed by atoms with Crippen molar-refractivity contribution in [2.75, 3.05) is 13.7 Å². The highest BCUT2D eigenvalue weighted by Gasteiger charge is 2.33. The number of carboxylic acid groups (broad SMARTS) is 1. The van der Waals surface area contributed by atoms with Crippen LogP contribution in [-0.2, 0) is 14.3 Å². The lowest BCUT2D eigenvalue weighted by atomic mass is 9.86. The molecule has 0 aliphatic rings. The molecule has 6 nitrogen and oxygen atoms in total. The Labute approximate surface area is 95.1 Å². The number of nitrogens with one attached hydrogen (secondary N) is 1. The number of aliphatic carboxylic acids is 1. The summed E-state index contributed by atoms with van der Waals surface area (Å²) in [6.45, 7) is 5.25. The van der Waals surface area contributed by atoms with E-state index in [4.69, 9.17) is 15.6 Å². The molecule has 16 heavy (non-hydrogen) atoms. The van der Waals surface area contributed by atoms with Gasteiger partial charge >= 0.3 is 5.97 Å². The first kappa shape index (κ1) is 14.9. The van der Waals surface area contributed by atoms with E-state index in [1.165, 1.54) is 7.11 Å². The van der Waals surface area contributed by atoms with Crippen LogP contribution >= 0.6 is 0 Å². The van der Waals surface area contributed by atoms with Gasteiger partial charge in [-0.1, -0.05) is 20.8 Å². The van der Waals surface area contributed by atoms with Gasteiger partial charge in [0.15, 0.2) is 0 Å². The van der Waals surface area contributed by atoms with E-state index in [0.717, 1.165) is 0 Å². The molecule has 0 aromatic carbocycles. The summed E-state index contributed by atoms with van der Waals surface area (Å²) < 4.78 is 4.72. The molecule has 0 fully saturated rings. The minimum absolute atomic E-state index is 0.0579. The second-order valence-electron chi connectivity index (χ2n) is 4.71. The number of carbonyl (C=O) groups excluding carboxylic acids is 1. The van der Waals surface area contributed by atoms with Gasteiger partial charge in [0.05, 0.1) is 6.61 Å². The molecule has 0 aliphatic heterocycles. The molecule has 1 amide bonds. The number of amides is 1. The summed E-state index contributed by atoms with van der Waals surface area (Å²) in [7, 11) is 1.42. The summed E-state index contributed by atoms with van der Waals surface area (Å²) in [6.07, 6.45) is 0. The molecular formula is C10H20N2O4. The molecule has 94 valence electrons. The van der Waals surface area contributed by atoms with Gasteiger partial charge in [-0.25, -0.2) is 4.79 Å². The van der Waals surface area contributed by atoms with Crippen LogP contribution in [0.15, 0.2) is 0 Å². The third-order valence-corrected chi connectivity index (χ3v) is 2.08. The molecule has 0 saturated carbocycles. The van der Waals surface area contributed by atoms with Crippen molar-refractivity contribution >= 4 is 11.9 Å². The first-order valence-electron chi connectivity index (χ1n) is 4.98. The molecule has 0 bridgehead atoms. The van der Waals surface area contributed by atoms with Crippen molar-refractivity contribution in [3.63, 3.8) is 0 Å². The van der Waals surface area contributed by atoms with Crippen molar-refractivity contribution in [3.8, 4) is 0 Å². The highest BCUT2D eigenvalue weighted by molar-refractivity contribution is 5.87. The first-order chi connectivity index (χ1) is 7.20. The molecule has 2 atom stereocenters. The summed E-state index contributed by atoms with van der Waals surface area (Å²) >= 11 is 0. The number of nitrogens with two attached hydrogens (primary N) is 1. The normalized spacial score (nSPS) is 15.3. The van der Waals surface area contributed by atoms with Crippen LogP contribution in [0.3, 0.4) is 0 Å². The maximum atomic E-state index is 11.5. The second-order valence-corrected chi connectivity index (χ2v) is 4.71. The van der Waals surface area contributed by atoms with Crippen LogP contribution in [-0.4, -0.2) is 42.8 Å². The summed E-state index contributed by atoms with van der Waals surface area (Å²) in [6, 6.07) is -1.82. The van der Waals surface area contributed by atoms with Gasteiger partial charge in [0.2, 0.25) is 5.91 Å². The Morgan fingerprint density at radius 2 is 1.94 bits per heavy atom. The van der Waals surface area contributed by atoms with Gasteiger partial charge in [0, 0.05) is 7.11 Å². The van der Waals surface area contributed by atoms with Crippen LogP contribution in [0.2, 0.25) is 0 Å². The highest BCUT2D eigenvalue weighted by Crippen LogP contribution is 2.19. The summed E-state index contributed by atoms with van der Waals surface area (Å²) in [4.78, 5) is 22.5. The fourth-order valence-electron chi connectivity index (χ4n) is 1.15. The Morgan fingerprint density at radius 1 is 1.44 bits per heavy atom. The molecule has 1 unspecified atom stereocenters.